The zero-order chi connectivity index (χ0) is 10.1. The maximum atomic E-state index is 11.1. The van der Waals surface area contributed by atoms with Gasteiger partial charge in [0.15, 0.2) is 9.84 Å². The van der Waals surface area contributed by atoms with Crippen molar-refractivity contribution in [2.24, 2.45) is 5.92 Å². The highest BCUT2D eigenvalue weighted by Gasteiger charge is 2.35. The Morgan fingerprint density at radius 3 is 2.54 bits per heavy atom. The van der Waals surface area contributed by atoms with E-state index < -0.39 is 9.84 Å². The molecule has 1 N–H and O–H groups in total. The fourth-order valence-corrected chi connectivity index (χ4v) is 3.66. The highest BCUT2D eigenvalue weighted by Crippen LogP contribution is 2.18. The normalized spacial score (nSPS) is 31.5. The fraction of sp³-hybridized carbons (Fsp3) is 0.857. The van der Waals surface area contributed by atoms with Crippen LogP contribution in [0.4, 0.5) is 0 Å². The molecular formula is C7H12ClNO3S. The lowest BCUT2D eigenvalue weighted by atomic mass is 10.1. The van der Waals surface area contributed by atoms with Crippen molar-refractivity contribution in [2.75, 3.05) is 17.4 Å². The molecule has 1 aliphatic rings. The van der Waals surface area contributed by atoms with E-state index in [4.69, 9.17) is 11.6 Å². The van der Waals surface area contributed by atoms with Gasteiger partial charge in [0, 0.05) is 6.04 Å². The van der Waals surface area contributed by atoms with Crippen LogP contribution >= 0.6 is 11.6 Å². The topological polar surface area (TPSA) is 63.2 Å². The minimum atomic E-state index is -2.96. The number of sulfone groups is 1. The van der Waals surface area contributed by atoms with Crippen molar-refractivity contribution in [1.82, 2.24) is 5.32 Å². The van der Waals surface area contributed by atoms with Crippen molar-refractivity contribution < 1.29 is 13.2 Å². The summed E-state index contributed by atoms with van der Waals surface area (Å²) in [5.41, 5.74) is 0. The highest BCUT2D eigenvalue weighted by atomic mass is 35.5. The lowest BCUT2D eigenvalue weighted by molar-refractivity contribution is -0.119. The van der Waals surface area contributed by atoms with Crippen molar-refractivity contribution in [3.63, 3.8) is 0 Å². The summed E-state index contributed by atoms with van der Waals surface area (Å²) in [4.78, 5) is 10.9. The van der Waals surface area contributed by atoms with E-state index >= 15 is 0 Å². The average molecular weight is 226 g/mol. The molecule has 2 atom stereocenters. The summed E-state index contributed by atoms with van der Waals surface area (Å²) in [6.07, 6.45) is 0. The first-order chi connectivity index (χ1) is 5.94. The molecule has 1 rings (SSSR count). The Labute approximate surface area is 82.6 Å². The number of hydrogen-bond donors (Lipinski definition) is 1. The van der Waals surface area contributed by atoms with E-state index in [-0.39, 0.29) is 35.3 Å². The predicted molar refractivity (Wildman–Crippen MR) is 50.5 cm³/mol. The van der Waals surface area contributed by atoms with E-state index in [1.54, 1.807) is 0 Å². The van der Waals surface area contributed by atoms with E-state index in [1.807, 2.05) is 6.92 Å². The molecule has 0 aromatic carbocycles. The molecule has 2 unspecified atom stereocenters. The quantitative estimate of drug-likeness (QED) is 0.661. The average Bonchev–Trinajstić information content (AvgIpc) is 2.24. The molecule has 0 aromatic heterocycles. The highest BCUT2D eigenvalue weighted by molar-refractivity contribution is 7.91. The fourth-order valence-electron chi connectivity index (χ4n) is 1.45. The van der Waals surface area contributed by atoms with Crippen molar-refractivity contribution >= 4 is 27.3 Å². The molecule has 0 bridgehead atoms. The van der Waals surface area contributed by atoms with Crippen LogP contribution in [0, 0.1) is 5.92 Å². The van der Waals surface area contributed by atoms with Gasteiger partial charge in [-0.2, -0.15) is 0 Å². The Morgan fingerprint density at radius 2 is 2.15 bits per heavy atom. The molecule has 0 saturated carbocycles. The van der Waals surface area contributed by atoms with Crippen LogP contribution in [-0.2, 0) is 14.6 Å². The number of rotatable bonds is 2. The third kappa shape index (κ3) is 2.84. The Balaban J connectivity index is 2.59. The van der Waals surface area contributed by atoms with Gasteiger partial charge in [-0.25, -0.2) is 8.42 Å². The third-order valence-corrected chi connectivity index (χ3v) is 4.25. The van der Waals surface area contributed by atoms with Gasteiger partial charge in [0.2, 0.25) is 5.91 Å². The zero-order valence-electron chi connectivity index (χ0n) is 7.29. The van der Waals surface area contributed by atoms with Gasteiger partial charge < -0.3 is 5.32 Å². The second-order valence-corrected chi connectivity index (χ2v) is 5.78. The van der Waals surface area contributed by atoms with E-state index in [0.717, 1.165) is 0 Å². The molecule has 1 heterocycles. The molecule has 6 heteroatoms. The number of carbonyl (C=O) groups is 1. The van der Waals surface area contributed by atoms with Gasteiger partial charge in [-0.05, 0) is 5.92 Å². The van der Waals surface area contributed by atoms with Crippen LogP contribution < -0.4 is 5.32 Å². The number of halogens is 1. The van der Waals surface area contributed by atoms with Gasteiger partial charge in [-0.15, -0.1) is 11.6 Å². The molecule has 1 fully saturated rings. The molecular weight excluding hydrogens is 214 g/mol. The summed E-state index contributed by atoms with van der Waals surface area (Å²) in [6.45, 7) is 1.81. The van der Waals surface area contributed by atoms with Crippen molar-refractivity contribution in [2.45, 2.75) is 13.0 Å². The Hall–Kier alpha value is -0.290. The van der Waals surface area contributed by atoms with Crippen molar-refractivity contribution in [3.05, 3.63) is 0 Å². The second kappa shape index (κ2) is 3.84. The van der Waals surface area contributed by atoms with E-state index in [1.165, 1.54) is 0 Å². The monoisotopic (exact) mass is 225 g/mol. The Morgan fingerprint density at radius 1 is 1.54 bits per heavy atom. The van der Waals surface area contributed by atoms with Crippen molar-refractivity contribution in [1.29, 1.82) is 0 Å². The molecule has 13 heavy (non-hydrogen) atoms. The minimum Gasteiger partial charge on any atom is -0.351 e. The molecule has 1 saturated heterocycles. The predicted octanol–water partition coefficient (Wildman–Crippen LogP) is -0.226. The molecule has 0 radical (unpaired) electrons. The third-order valence-electron chi connectivity index (χ3n) is 2.10. The lowest BCUT2D eigenvalue weighted by Gasteiger charge is -2.14. The molecule has 0 spiro atoms. The maximum Gasteiger partial charge on any atom is 0.235 e. The van der Waals surface area contributed by atoms with Gasteiger partial charge in [-0.3, -0.25) is 4.79 Å². The van der Waals surface area contributed by atoms with Crippen molar-refractivity contribution in [3.8, 4) is 0 Å². The largest absolute Gasteiger partial charge is 0.351 e. The van der Waals surface area contributed by atoms with Crippen LogP contribution in [0.5, 0.6) is 0 Å². The summed E-state index contributed by atoms with van der Waals surface area (Å²) in [5.74, 6) is -0.256. The molecule has 1 aliphatic heterocycles. The number of hydrogen-bond acceptors (Lipinski definition) is 3. The first kappa shape index (κ1) is 10.8. The van der Waals surface area contributed by atoms with E-state index in [0.29, 0.717) is 0 Å². The number of amides is 1. The van der Waals surface area contributed by atoms with Crippen LogP contribution in [-0.4, -0.2) is 37.8 Å². The van der Waals surface area contributed by atoms with Gasteiger partial charge in [0.25, 0.3) is 0 Å². The second-order valence-electron chi connectivity index (χ2n) is 3.36. The number of alkyl halides is 1. The van der Waals surface area contributed by atoms with E-state index in [9.17, 15) is 13.2 Å². The first-order valence-corrected chi connectivity index (χ1v) is 6.36. The lowest BCUT2D eigenvalue weighted by Crippen LogP contribution is -2.39. The van der Waals surface area contributed by atoms with E-state index in [2.05, 4.69) is 5.32 Å². The summed E-state index contributed by atoms with van der Waals surface area (Å²) in [7, 11) is -2.96. The van der Waals surface area contributed by atoms with Gasteiger partial charge in [0.05, 0.1) is 11.5 Å². The zero-order valence-corrected chi connectivity index (χ0v) is 8.86. The molecule has 76 valence electrons. The molecule has 1 amide bonds. The smallest absolute Gasteiger partial charge is 0.235 e. The van der Waals surface area contributed by atoms with Crippen LogP contribution in [0.2, 0.25) is 0 Å². The van der Waals surface area contributed by atoms with Crippen LogP contribution in [0.3, 0.4) is 0 Å². The van der Waals surface area contributed by atoms with Gasteiger partial charge in [0.1, 0.15) is 5.88 Å². The Kier molecular flexibility index (Phi) is 3.18. The molecule has 0 aliphatic carbocycles. The number of carbonyl (C=O) groups excluding carboxylic acids is 1. The minimum absolute atomic E-state index is 0.0165. The van der Waals surface area contributed by atoms with Crippen LogP contribution in [0.15, 0.2) is 0 Å². The van der Waals surface area contributed by atoms with Gasteiger partial charge in [-0.1, -0.05) is 6.92 Å². The SMILES string of the molecule is CC1CS(=O)(=O)CC1NC(=O)CCl. The maximum absolute atomic E-state index is 11.1. The summed E-state index contributed by atoms with van der Waals surface area (Å²) >= 11 is 5.29. The summed E-state index contributed by atoms with van der Waals surface area (Å²) in [5, 5.41) is 2.58. The molecule has 4 nitrogen and oxygen atoms in total. The summed E-state index contributed by atoms with van der Waals surface area (Å²) in [6, 6.07) is -0.267. The number of nitrogens with one attached hydrogen (secondary N) is 1. The van der Waals surface area contributed by atoms with Crippen LogP contribution in [0.1, 0.15) is 6.92 Å². The van der Waals surface area contributed by atoms with Crippen LogP contribution in [0.25, 0.3) is 0 Å². The van der Waals surface area contributed by atoms with Gasteiger partial charge >= 0.3 is 0 Å². The standard InChI is InChI=1S/C7H12ClNO3S/c1-5-3-13(11,12)4-6(5)9-7(10)2-8/h5-6H,2-4H2,1H3,(H,9,10). The molecule has 0 aromatic rings. The first-order valence-electron chi connectivity index (χ1n) is 4.00. The summed E-state index contributed by atoms with van der Waals surface area (Å²) < 4.78 is 22.3. The Bertz CT molecular complexity index is 301.